The van der Waals surface area contributed by atoms with Crippen LogP contribution in [0.4, 0.5) is 0 Å². The van der Waals surface area contributed by atoms with Crippen molar-refractivity contribution < 1.29 is 23.7 Å². The standard InChI is InChI=1S/C22H26O5/c1-22(2,3)10-11-26-19-16(8-9-18(24-4)20(19)25-5)14-6-7-17-15(12-14)13-27-21(17)23/h6-9,12H,10-11,13H2,1-5H3. The third-order valence-corrected chi connectivity index (χ3v) is 4.59. The fraction of sp³-hybridized carbons (Fsp3) is 0.409. The molecule has 0 spiro atoms. The Bertz CT molecular complexity index is 849. The molecule has 0 aliphatic carbocycles. The average Bonchev–Trinajstić information content (AvgIpc) is 3.00. The van der Waals surface area contributed by atoms with Gasteiger partial charge in [-0.25, -0.2) is 4.79 Å². The van der Waals surface area contributed by atoms with Crippen molar-refractivity contribution >= 4 is 5.97 Å². The predicted molar refractivity (Wildman–Crippen MR) is 104 cm³/mol. The third kappa shape index (κ3) is 4.02. The van der Waals surface area contributed by atoms with Crippen LogP contribution in [0.2, 0.25) is 0 Å². The molecule has 2 aromatic rings. The van der Waals surface area contributed by atoms with Crippen molar-refractivity contribution in [1.82, 2.24) is 0 Å². The number of rotatable bonds is 6. The molecule has 0 radical (unpaired) electrons. The van der Waals surface area contributed by atoms with Crippen molar-refractivity contribution in [3.63, 3.8) is 0 Å². The van der Waals surface area contributed by atoms with E-state index in [0.717, 1.165) is 23.1 Å². The summed E-state index contributed by atoms with van der Waals surface area (Å²) in [4.78, 5) is 11.7. The van der Waals surface area contributed by atoms with Gasteiger partial charge in [0.2, 0.25) is 5.75 Å². The lowest BCUT2D eigenvalue weighted by Gasteiger charge is -2.21. The number of fused-ring (bicyclic) bond motifs is 1. The molecule has 0 unspecified atom stereocenters. The summed E-state index contributed by atoms with van der Waals surface area (Å²) in [5, 5.41) is 0. The van der Waals surface area contributed by atoms with E-state index in [4.69, 9.17) is 18.9 Å². The van der Waals surface area contributed by atoms with Gasteiger partial charge in [0.15, 0.2) is 11.5 Å². The van der Waals surface area contributed by atoms with E-state index in [0.29, 0.717) is 36.0 Å². The van der Waals surface area contributed by atoms with Gasteiger partial charge in [-0.2, -0.15) is 0 Å². The van der Waals surface area contributed by atoms with Crippen LogP contribution in [0.3, 0.4) is 0 Å². The molecule has 27 heavy (non-hydrogen) atoms. The minimum atomic E-state index is -0.273. The number of benzene rings is 2. The molecule has 1 aliphatic rings. The molecule has 144 valence electrons. The van der Waals surface area contributed by atoms with Crippen LogP contribution in [-0.4, -0.2) is 26.8 Å². The molecular weight excluding hydrogens is 344 g/mol. The van der Waals surface area contributed by atoms with Gasteiger partial charge in [0, 0.05) is 11.1 Å². The Morgan fingerprint density at radius 1 is 1.00 bits per heavy atom. The molecule has 0 saturated heterocycles. The molecular formula is C22H26O5. The molecule has 1 heterocycles. The number of esters is 1. The summed E-state index contributed by atoms with van der Waals surface area (Å²) < 4.78 is 22.3. The maximum absolute atomic E-state index is 11.7. The third-order valence-electron chi connectivity index (χ3n) is 4.59. The van der Waals surface area contributed by atoms with E-state index < -0.39 is 0 Å². The van der Waals surface area contributed by atoms with Crippen molar-refractivity contribution in [3.8, 4) is 28.4 Å². The largest absolute Gasteiger partial charge is 0.493 e. The zero-order valence-electron chi connectivity index (χ0n) is 16.5. The van der Waals surface area contributed by atoms with Crippen LogP contribution in [0, 0.1) is 5.41 Å². The summed E-state index contributed by atoms with van der Waals surface area (Å²) in [6, 6.07) is 9.49. The van der Waals surface area contributed by atoms with Gasteiger partial charge >= 0.3 is 5.97 Å². The van der Waals surface area contributed by atoms with Gasteiger partial charge in [-0.15, -0.1) is 0 Å². The van der Waals surface area contributed by atoms with Gasteiger partial charge in [0.1, 0.15) is 6.61 Å². The number of ether oxygens (including phenoxy) is 4. The van der Waals surface area contributed by atoms with Crippen molar-refractivity contribution in [2.45, 2.75) is 33.8 Å². The zero-order valence-corrected chi connectivity index (χ0v) is 16.5. The highest BCUT2D eigenvalue weighted by atomic mass is 16.5. The first-order chi connectivity index (χ1) is 12.8. The Labute approximate surface area is 160 Å². The Hall–Kier alpha value is -2.69. The smallest absolute Gasteiger partial charge is 0.338 e. The van der Waals surface area contributed by atoms with Gasteiger partial charge in [-0.1, -0.05) is 26.8 Å². The van der Waals surface area contributed by atoms with Crippen molar-refractivity contribution in [2.24, 2.45) is 5.41 Å². The summed E-state index contributed by atoms with van der Waals surface area (Å²) >= 11 is 0. The summed E-state index contributed by atoms with van der Waals surface area (Å²) in [6.45, 7) is 7.40. The first kappa shape index (κ1) is 19.1. The first-order valence-electron chi connectivity index (χ1n) is 9.02. The van der Waals surface area contributed by atoms with Crippen LogP contribution in [0.1, 0.15) is 43.1 Å². The van der Waals surface area contributed by atoms with Crippen LogP contribution in [-0.2, 0) is 11.3 Å². The summed E-state index contributed by atoms with van der Waals surface area (Å²) in [5.41, 5.74) is 3.50. The predicted octanol–water partition coefficient (Wildman–Crippen LogP) is 4.86. The lowest BCUT2D eigenvalue weighted by atomic mass is 9.93. The van der Waals surface area contributed by atoms with E-state index in [1.807, 2.05) is 24.3 Å². The molecule has 5 heteroatoms. The lowest BCUT2D eigenvalue weighted by molar-refractivity contribution is 0.0535. The molecule has 0 aromatic heterocycles. The Balaban J connectivity index is 2.02. The highest BCUT2D eigenvalue weighted by molar-refractivity contribution is 5.94. The molecule has 0 amide bonds. The molecule has 1 aliphatic heterocycles. The number of methoxy groups -OCH3 is 2. The zero-order chi connectivity index (χ0) is 19.6. The maximum atomic E-state index is 11.7. The number of hydrogen-bond donors (Lipinski definition) is 0. The van der Waals surface area contributed by atoms with Crippen molar-refractivity contribution in [2.75, 3.05) is 20.8 Å². The quantitative estimate of drug-likeness (QED) is 0.680. The van der Waals surface area contributed by atoms with E-state index in [9.17, 15) is 4.79 Å². The van der Waals surface area contributed by atoms with Crippen molar-refractivity contribution in [3.05, 3.63) is 41.5 Å². The second kappa shape index (κ2) is 7.51. The normalized spacial score (nSPS) is 13.1. The van der Waals surface area contributed by atoms with Crippen LogP contribution < -0.4 is 14.2 Å². The van der Waals surface area contributed by atoms with Crippen molar-refractivity contribution in [1.29, 1.82) is 0 Å². The molecule has 0 N–H and O–H groups in total. The van der Waals surface area contributed by atoms with Gasteiger partial charge < -0.3 is 18.9 Å². The molecule has 2 aromatic carbocycles. The molecule has 0 atom stereocenters. The Kier molecular flexibility index (Phi) is 5.31. The van der Waals surface area contributed by atoms with Gasteiger partial charge in [0.25, 0.3) is 0 Å². The Morgan fingerprint density at radius 3 is 2.41 bits per heavy atom. The first-order valence-corrected chi connectivity index (χ1v) is 9.02. The maximum Gasteiger partial charge on any atom is 0.338 e. The highest BCUT2D eigenvalue weighted by Gasteiger charge is 2.24. The van der Waals surface area contributed by atoms with E-state index in [1.54, 1.807) is 20.3 Å². The number of carbonyl (C=O) groups is 1. The second-order valence-electron chi connectivity index (χ2n) is 7.78. The lowest BCUT2D eigenvalue weighted by Crippen LogP contribution is -2.12. The van der Waals surface area contributed by atoms with Crippen LogP contribution in [0.5, 0.6) is 17.2 Å². The minimum Gasteiger partial charge on any atom is -0.493 e. The second-order valence-corrected chi connectivity index (χ2v) is 7.78. The minimum absolute atomic E-state index is 0.164. The topological polar surface area (TPSA) is 54.0 Å². The molecule has 5 nitrogen and oxygen atoms in total. The fourth-order valence-corrected chi connectivity index (χ4v) is 3.03. The molecule has 0 fully saturated rings. The molecule has 0 saturated carbocycles. The van der Waals surface area contributed by atoms with Crippen LogP contribution in [0.15, 0.2) is 30.3 Å². The average molecular weight is 370 g/mol. The van der Waals surface area contributed by atoms with E-state index in [1.165, 1.54) is 0 Å². The monoisotopic (exact) mass is 370 g/mol. The van der Waals surface area contributed by atoms with Gasteiger partial charge in [-0.05, 0) is 41.7 Å². The number of hydrogen-bond acceptors (Lipinski definition) is 5. The van der Waals surface area contributed by atoms with Gasteiger partial charge in [-0.3, -0.25) is 0 Å². The SMILES string of the molecule is COc1ccc(-c2ccc3c(c2)COC3=O)c(OCCC(C)(C)C)c1OC. The van der Waals surface area contributed by atoms with Crippen LogP contribution >= 0.6 is 0 Å². The highest BCUT2D eigenvalue weighted by Crippen LogP contribution is 2.45. The van der Waals surface area contributed by atoms with E-state index in [2.05, 4.69) is 20.8 Å². The van der Waals surface area contributed by atoms with E-state index >= 15 is 0 Å². The Morgan fingerprint density at radius 2 is 1.74 bits per heavy atom. The summed E-state index contributed by atoms with van der Waals surface area (Å²) in [5.74, 6) is 1.56. The number of cyclic esters (lactones) is 1. The van der Waals surface area contributed by atoms with Gasteiger partial charge in [0.05, 0.1) is 26.4 Å². The molecule has 0 bridgehead atoms. The van der Waals surface area contributed by atoms with Crippen LogP contribution in [0.25, 0.3) is 11.1 Å². The summed E-state index contributed by atoms with van der Waals surface area (Å²) in [6.07, 6.45) is 0.902. The summed E-state index contributed by atoms with van der Waals surface area (Å²) in [7, 11) is 3.21. The number of carbonyl (C=O) groups excluding carboxylic acids is 1. The van der Waals surface area contributed by atoms with E-state index in [-0.39, 0.29) is 11.4 Å². The molecule has 3 rings (SSSR count). The fourth-order valence-electron chi connectivity index (χ4n) is 3.03.